The van der Waals surface area contributed by atoms with Crippen molar-refractivity contribution in [2.24, 2.45) is 0 Å². The molecule has 4 rings (SSSR count). The number of anilines is 1. The van der Waals surface area contributed by atoms with Crippen molar-refractivity contribution in [2.75, 3.05) is 4.72 Å². The number of imidazole rings is 1. The minimum atomic E-state index is -3.54. The van der Waals surface area contributed by atoms with E-state index in [1.165, 1.54) is 0 Å². The maximum absolute atomic E-state index is 12.7. The molecule has 7 heteroatoms. The van der Waals surface area contributed by atoms with Crippen LogP contribution in [0.15, 0.2) is 67.1 Å². The van der Waals surface area contributed by atoms with Gasteiger partial charge in [0.15, 0.2) is 0 Å². The maximum atomic E-state index is 12.7. The molecule has 0 saturated heterocycles. The van der Waals surface area contributed by atoms with Gasteiger partial charge in [0.25, 0.3) is 0 Å². The molecule has 1 N–H and O–H groups in total. The topological polar surface area (TPSA) is 76.4 Å². The number of aromatic nitrogens is 3. The van der Waals surface area contributed by atoms with E-state index >= 15 is 0 Å². The average molecular weight is 392 g/mol. The number of hydrogen-bond donors (Lipinski definition) is 1. The Bertz CT molecular complexity index is 1230. The molecule has 0 aliphatic carbocycles. The van der Waals surface area contributed by atoms with E-state index in [1.54, 1.807) is 6.20 Å². The van der Waals surface area contributed by atoms with Crippen molar-refractivity contribution in [3.63, 3.8) is 0 Å². The number of fused-ring (bicyclic) bond motifs is 1. The predicted molar refractivity (Wildman–Crippen MR) is 111 cm³/mol. The molecule has 142 valence electrons. The fraction of sp³-hybridized carbons (Fsp3) is 0.143. The maximum Gasteiger partial charge on any atom is 0.236 e. The van der Waals surface area contributed by atoms with Crippen LogP contribution in [0.25, 0.3) is 17.0 Å². The van der Waals surface area contributed by atoms with Gasteiger partial charge in [-0.05, 0) is 37.1 Å². The quantitative estimate of drug-likeness (QED) is 0.558. The van der Waals surface area contributed by atoms with Crippen molar-refractivity contribution in [2.45, 2.75) is 19.6 Å². The summed E-state index contributed by atoms with van der Waals surface area (Å²) < 4.78 is 29.9. The zero-order chi connectivity index (χ0) is 19.7. The van der Waals surface area contributed by atoms with Crippen LogP contribution in [0.5, 0.6) is 0 Å². The lowest BCUT2D eigenvalue weighted by atomic mass is 10.1. The fourth-order valence-corrected chi connectivity index (χ4v) is 4.33. The second-order valence-electron chi connectivity index (χ2n) is 6.83. The van der Waals surface area contributed by atoms with Crippen molar-refractivity contribution >= 4 is 21.5 Å². The second-order valence-corrected chi connectivity index (χ2v) is 8.56. The van der Waals surface area contributed by atoms with E-state index in [2.05, 4.69) is 14.7 Å². The van der Waals surface area contributed by atoms with Crippen molar-refractivity contribution in [1.82, 2.24) is 14.4 Å². The van der Waals surface area contributed by atoms with Crippen molar-refractivity contribution < 1.29 is 8.42 Å². The summed E-state index contributed by atoms with van der Waals surface area (Å²) in [7, 11) is -3.54. The molecule has 0 radical (unpaired) electrons. The molecule has 0 saturated carbocycles. The van der Waals surface area contributed by atoms with Crippen LogP contribution >= 0.6 is 0 Å². The summed E-state index contributed by atoms with van der Waals surface area (Å²) in [5.74, 6) is 0.524. The lowest BCUT2D eigenvalue weighted by Gasteiger charge is -2.12. The highest BCUT2D eigenvalue weighted by Crippen LogP contribution is 2.26. The van der Waals surface area contributed by atoms with Crippen LogP contribution in [-0.2, 0) is 15.8 Å². The largest absolute Gasteiger partial charge is 0.291 e. The molecule has 0 bridgehead atoms. The minimum Gasteiger partial charge on any atom is -0.291 e. The molecule has 4 aromatic rings. The Hall–Kier alpha value is -3.19. The number of aryl methyl sites for hydroxylation is 2. The Kier molecular flexibility index (Phi) is 4.60. The fourth-order valence-electron chi connectivity index (χ4n) is 3.09. The highest BCUT2D eigenvalue weighted by atomic mass is 32.2. The monoisotopic (exact) mass is 392 g/mol. The van der Waals surface area contributed by atoms with Gasteiger partial charge in [-0.25, -0.2) is 18.4 Å². The van der Waals surface area contributed by atoms with Gasteiger partial charge >= 0.3 is 0 Å². The van der Waals surface area contributed by atoms with Gasteiger partial charge in [-0.3, -0.25) is 9.12 Å². The van der Waals surface area contributed by atoms with Gasteiger partial charge in [-0.1, -0.05) is 42.0 Å². The first-order valence-corrected chi connectivity index (χ1v) is 10.5. The Labute approximate surface area is 164 Å². The summed E-state index contributed by atoms with van der Waals surface area (Å²) >= 11 is 0. The smallest absolute Gasteiger partial charge is 0.236 e. The zero-order valence-corrected chi connectivity index (χ0v) is 16.4. The highest BCUT2D eigenvalue weighted by Gasteiger charge is 2.15. The standard InChI is InChI=1S/C21H20N4O2S/c1-15-5-3-6-17(11-15)14-28(26,27)24-19-12-18(8-7-16(19)2)20-13-25-10-4-9-22-21(25)23-20/h3-13,24H,14H2,1-2H3. The van der Waals surface area contributed by atoms with Crippen molar-refractivity contribution in [3.05, 3.63) is 83.8 Å². The van der Waals surface area contributed by atoms with Crippen LogP contribution in [0.2, 0.25) is 0 Å². The average Bonchev–Trinajstić information content (AvgIpc) is 3.07. The molecule has 0 spiro atoms. The van der Waals surface area contributed by atoms with Gasteiger partial charge < -0.3 is 0 Å². The summed E-state index contributed by atoms with van der Waals surface area (Å²) in [5, 5.41) is 0. The first-order chi connectivity index (χ1) is 13.4. The molecule has 0 fully saturated rings. The number of hydrogen-bond acceptors (Lipinski definition) is 4. The third-order valence-corrected chi connectivity index (χ3v) is 5.72. The number of sulfonamides is 1. The van der Waals surface area contributed by atoms with E-state index in [0.717, 1.165) is 27.9 Å². The minimum absolute atomic E-state index is 0.0728. The van der Waals surface area contributed by atoms with E-state index in [-0.39, 0.29) is 5.75 Å². The van der Waals surface area contributed by atoms with E-state index in [0.29, 0.717) is 11.5 Å². The Morgan fingerprint density at radius 3 is 2.71 bits per heavy atom. The third-order valence-electron chi connectivity index (χ3n) is 4.47. The Balaban J connectivity index is 1.63. The molecule has 2 aromatic carbocycles. The normalized spacial score (nSPS) is 11.6. The highest BCUT2D eigenvalue weighted by molar-refractivity contribution is 7.91. The summed E-state index contributed by atoms with van der Waals surface area (Å²) in [6.45, 7) is 3.82. The van der Waals surface area contributed by atoms with E-state index in [1.807, 2.05) is 79.2 Å². The summed E-state index contributed by atoms with van der Waals surface area (Å²) in [6.07, 6.45) is 5.43. The van der Waals surface area contributed by atoms with Crippen LogP contribution in [0.3, 0.4) is 0 Å². The van der Waals surface area contributed by atoms with Gasteiger partial charge in [0, 0.05) is 24.2 Å². The SMILES string of the molecule is Cc1cccc(CS(=O)(=O)Nc2cc(-c3cn4cccnc4n3)ccc2C)c1. The molecular weight excluding hydrogens is 372 g/mol. The molecule has 0 aliphatic heterocycles. The van der Waals surface area contributed by atoms with E-state index < -0.39 is 10.0 Å². The molecular formula is C21H20N4O2S. The summed E-state index contributed by atoms with van der Waals surface area (Å²) in [6, 6.07) is 15.0. The van der Waals surface area contributed by atoms with E-state index in [4.69, 9.17) is 0 Å². The molecule has 2 aromatic heterocycles. The molecule has 0 unspecified atom stereocenters. The number of rotatable bonds is 5. The van der Waals surface area contributed by atoms with Crippen LogP contribution in [0, 0.1) is 13.8 Å². The van der Waals surface area contributed by atoms with Crippen molar-refractivity contribution in [1.29, 1.82) is 0 Å². The third kappa shape index (κ3) is 3.89. The lowest BCUT2D eigenvalue weighted by Crippen LogP contribution is -2.16. The number of nitrogens with one attached hydrogen (secondary N) is 1. The molecule has 0 aliphatic rings. The summed E-state index contributed by atoms with van der Waals surface area (Å²) in [5.41, 5.74) is 4.75. The van der Waals surface area contributed by atoms with Crippen LogP contribution < -0.4 is 4.72 Å². The molecule has 0 atom stereocenters. The number of nitrogens with zero attached hydrogens (tertiary/aromatic N) is 3. The van der Waals surface area contributed by atoms with Crippen LogP contribution in [-0.4, -0.2) is 22.8 Å². The molecule has 2 heterocycles. The Morgan fingerprint density at radius 2 is 1.93 bits per heavy atom. The lowest BCUT2D eigenvalue weighted by molar-refractivity contribution is 0.600. The van der Waals surface area contributed by atoms with Gasteiger partial charge in [-0.2, -0.15) is 0 Å². The molecule has 6 nitrogen and oxygen atoms in total. The van der Waals surface area contributed by atoms with Crippen molar-refractivity contribution in [3.8, 4) is 11.3 Å². The van der Waals surface area contributed by atoms with Crippen LogP contribution in [0.1, 0.15) is 16.7 Å². The van der Waals surface area contributed by atoms with Gasteiger partial charge in [0.05, 0.1) is 17.1 Å². The first-order valence-electron chi connectivity index (χ1n) is 8.86. The van der Waals surface area contributed by atoms with Gasteiger partial charge in [-0.15, -0.1) is 0 Å². The first kappa shape index (κ1) is 18.2. The molecule has 0 amide bonds. The second kappa shape index (κ2) is 7.09. The van der Waals surface area contributed by atoms with Gasteiger partial charge in [0.1, 0.15) is 0 Å². The van der Waals surface area contributed by atoms with Crippen LogP contribution in [0.4, 0.5) is 5.69 Å². The Morgan fingerprint density at radius 1 is 1.07 bits per heavy atom. The number of benzene rings is 2. The van der Waals surface area contributed by atoms with E-state index in [9.17, 15) is 8.42 Å². The summed E-state index contributed by atoms with van der Waals surface area (Å²) in [4.78, 5) is 8.72. The molecule has 28 heavy (non-hydrogen) atoms. The zero-order valence-electron chi connectivity index (χ0n) is 15.6. The predicted octanol–water partition coefficient (Wildman–Crippen LogP) is 3.96. The van der Waals surface area contributed by atoms with Gasteiger partial charge in [0.2, 0.25) is 15.8 Å².